The molecule has 0 aliphatic carbocycles. The van der Waals surface area contributed by atoms with Crippen molar-refractivity contribution in [2.24, 2.45) is 0 Å². The van der Waals surface area contributed by atoms with E-state index in [2.05, 4.69) is 31.6 Å². The molecule has 0 spiro atoms. The van der Waals surface area contributed by atoms with Crippen LogP contribution in [0.3, 0.4) is 0 Å². The van der Waals surface area contributed by atoms with Gasteiger partial charge in [0.25, 0.3) is 0 Å². The minimum atomic E-state index is -0.795. The van der Waals surface area contributed by atoms with Crippen molar-refractivity contribution in [1.29, 1.82) is 5.26 Å². The molecule has 11 heteroatoms. The average Bonchev–Trinajstić information content (AvgIpc) is 2.91. The number of amides is 1. The molecule has 0 saturated carbocycles. The van der Waals surface area contributed by atoms with Crippen LogP contribution in [0.15, 0.2) is 54.7 Å². The summed E-state index contributed by atoms with van der Waals surface area (Å²) in [5.74, 6) is 1.15. The van der Waals surface area contributed by atoms with Crippen molar-refractivity contribution in [3.05, 3.63) is 76.7 Å². The van der Waals surface area contributed by atoms with E-state index in [-0.39, 0.29) is 18.6 Å². The second-order valence-corrected chi connectivity index (χ2v) is 12.3. The highest BCUT2D eigenvalue weighted by Gasteiger charge is 2.24. The number of carbonyl (C=O) groups excluding carboxylic acids is 1. The number of likely N-dealkylation sites (tertiary alicyclic amines) is 1. The van der Waals surface area contributed by atoms with Gasteiger partial charge < -0.3 is 19.8 Å². The Balaban J connectivity index is 1.09. The van der Waals surface area contributed by atoms with Crippen LogP contribution in [-0.2, 0) is 15.6 Å². The SMILES string of the molecule is N#Cc1ccc(NC[Si]2CCO2)c(NC(=O)CN2CCC(Oc3ccnc(Cc4ccc(Cl)cc4)n3)CC2)c1. The van der Waals surface area contributed by atoms with Crippen LogP contribution >= 0.6 is 11.6 Å². The summed E-state index contributed by atoms with van der Waals surface area (Å²) >= 11 is 5.97. The number of rotatable bonds is 10. The van der Waals surface area contributed by atoms with E-state index >= 15 is 0 Å². The van der Waals surface area contributed by atoms with E-state index in [0.29, 0.717) is 34.4 Å². The summed E-state index contributed by atoms with van der Waals surface area (Å²) in [5, 5.41) is 16.4. The number of ether oxygens (including phenoxy) is 1. The van der Waals surface area contributed by atoms with Gasteiger partial charge in [0.15, 0.2) is 0 Å². The van der Waals surface area contributed by atoms with Crippen LogP contribution in [0.25, 0.3) is 0 Å². The summed E-state index contributed by atoms with van der Waals surface area (Å²) in [5.41, 5.74) is 3.02. The van der Waals surface area contributed by atoms with E-state index in [1.807, 2.05) is 30.3 Å². The molecule has 1 amide bonds. The number of hydrogen-bond acceptors (Lipinski definition) is 8. The second kappa shape index (κ2) is 13.0. The van der Waals surface area contributed by atoms with E-state index in [0.717, 1.165) is 56.0 Å². The Hall–Kier alpha value is -3.49. The maximum Gasteiger partial charge on any atom is 0.238 e. The van der Waals surface area contributed by atoms with Crippen molar-refractivity contribution in [3.63, 3.8) is 0 Å². The van der Waals surface area contributed by atoms with Crippen LogP contribution in [-0.4, -0.2) is 68.3 Å². The normalized spacial score (nSPS) is 16.2. The van der Waals surface area contributed by atoms with Crippen molar-refractivity contribution in [2.75, 3.05) is 43.0 Å². The van der Waals surface area contributed by atoms with E-state index in [9.17, 15) is 10.1 Å². The quantitative estimate of drug-likeness (QED) is 0.357. The number of carbonyl (C=O) groups is 1. The van der Waals surface area contributed by atoms with E-state index in [1.165, 1.54) is 0 Å². The Morgan fingerprint density at radius 2 is 1.97 bits per heavy atom. The molecule has 2 aliphatic heterocycles. The molecule has 9 nitrogen and oxygen atoms in total. The van der Waals surface area contributed by atoms with Crippen LogP contribution in [0.2, 0.25) is 11.1 Å². The first-order chi connectivity index (χ1) is 19.0. The van der Waals surface area contributed by atoms with Crippen molar-refractivity contribution in [1.82, 2.24) is 14.9 Å². The smallest absolute Gasteiger partial charge is 0.238 e. The third-order valence-corrected chi connectivity index (χ3v) is 8.93. The lowest BCUT2D eigenvalue weighted by Gasteiger charge is -2.31. The number of nitrogens with zero attached hydrogens (tertiary/aromatic N) is 4. The lowest BCUT2D eigenvalue weighted by molar-refractivity contribution is -0.117. The van der Waals surface area contributed by atoms with Gasteiger partial charge in [-0.25, -0.2) is 4.98 Å². The van der Waals surface area contributed by atoms with E-state index in [4.69, 9.17) is 20.8 Å². The number of aromatic nitrogens is 2. The Morgan fingerprint density at radius 1 is 1.18 bits per heavy atom. The number of halogens is 1. The maximum absolute atomic E-state index is 12.9. The van der Waals surface area contributed by atoms with Gasteiger partial charge >= 0.3 is 0 Å². The molecule has 3 aromatic rings. The Kier molecular flexibility index (Phi) is 9.06. The molecule has 2 N–H and O–H groups in total. The minimum absolute atomic E-state index is 0.0301. The number of anilines is 2. The second-order valence-electron chi connectivity index (χ2n) is 9.62. The van der Waals surface area contributed by atoms with Crippen LogP contribution in [0, 0.1) is 11.3 Å². The molecule has 1 aromatic heterocycles. The van der Waals surface area contributed by atoms with Gasteiger partial charge in [0.05, 0.1) is 29.6 Å². The molecule has 2 saturated heterocycles. The van der Waals surface area contributed by atoms with Gasteiger partial charge in [-0.1, -0.05) is 23.7 Å². The van der Waals surface area contributed by atoms with Gasteiger partial charge in [-0.15, -0.1) is 0 Å². The number of hydrogen-bond donors (Lipinski definition) is 2. The molecule has 0 unspecified atom stereocenters. The molecule has 0 atom stereocenters. The summed E-state index contributed by atoms with van der Waals surface area (Å²) in [4.78, 5) is 23.9. The van der Waals surface area contributed by atoms with Crippen molar-refractivity contribution in [3.8, 4) is 11.9 Å². The molecule has 2 fully saturated rings. The fourth-order valence-electron chi connectivity index (χ4n) is 4.52. The first kappa shape index (κ1) is 27.1. The van der Waals surface area contributed by atoms with Gasteiger partial charge in [0.2, 0.25) is 20.8 Å². The minimum Gasteiger partial charge on any atom is -0.474 e. The molecule has 3 heterocycles. The average molecular weight is 562 g/mol. The standard InChI is InChI=1S/C28H30ClN6O3Si/c29-22-4-1-20(2-5-22)16-26-31-10-7-28(34-26)38-23-8-11-35(12-9-23)18-27(36)33-25-15-21(17-30)3-6-24(25)32-19-39-14-13-37-39/h1-7,10,15,23,32H,8-9,11-14,16,18-19H2,(H,33,36). The van der Waals surface area contributed by atoms with Crippen molar-refractivity contribution >= 4 is 37.9 Å². The lowest BCUT2D eigenvalue weighted by Crippen LogP contribution is -2.42. The zero-order valence-corrected chi connectivity index (χ0v) is 23.3. The zero-order chi connectivity index (χ0) is 27.0. The lowest BCUT2D eigenvalue weighted by atomic mass is 10.1. The Labute approximate surface area is 234 Å². The Bertz CT molecular complexity index is 1320. The predicted molar refractivity (Wildman–Crippen MR) is 151 cm³/mol. The highest BCUT2D eigenvalue weighted by Crippen LogP contribution is 2.24. The fourth-order valence-corrected chi connectivity index (χ4v) is 5.80. The Morgan fingerprint density at radius 3 is 2.69 bits per heavy atom. The van der Waals surface area contributed by atoms with Crippen LogP contribution < -0.4 is 15.4 Å². The molecule has 1 radical (unpaired) electrons. The third kappa shape index (κ3) is 7.77. The fraction of sp³-hybridized carbons (Fsp3) is 0.357. The van der Waals surface area contributed by atoms with Crippen LogP contribution in [0.4, 0.5) is 11.4 Å². The molecule has 2 aromatic carbocycles. The summed E-state index contributed by atoms with van der Waals surface area (Å²) in [6.45, 7) is 2.60. The van der Waals surface area contributed by atoms with Gasteiger partial charge in [0, 0.05) is 49.6 Å². The topological polar surface area (TPSA) is 112 Å². The van der Waals surface area contributed by atoms with Gasteiger partial charge in [-0.05, 0) is 54.8 Å². The number of nitriles is 1. The van der Waals surface area contributed by atoms with Crippen molar-refractivity contribution < 1.29 is 14.0 Å². The molecule has 201 valence electrons. The first-order valence-electron chi connectivity index (χ1n) is 13.0. The highest BCUT2D eigenvalue weighted by molar-refractivity contribution is 6.55. The van der Waals surface area contributed by atoms with Crippen LogP contribution in [0.5, 0.6) is 5.88 Å². The van der Waals surface area contributed by atoms with Gasteiger partial charge in [-0.3, -0.25) is 9.69 Å². The third-order valence-electron chi connectivity index (χ3n) is 6.73. The molecule has 39 heavy (non-hydrogen) atoms. The zero-order valence-electron chi connectivity index (χ0n) is 21.5. The van der Waals surface area contributed by atoms with E-state index in [1.54, 1.807) is 24.4 Å². The van der Waals surface area contributed by atoms with Gasteiger partial charge in [-0.2, -0.15) is 10.2 Å². The largest absolute Gasteiger partial charge is 0.474 e. The molecule has 5 rings (SSSR count). The van der Waals surface area contributed by atoms with Crippen molar-refractivity contribution in [2.45, 2.75) is 31.4 Å². The highest BCUT2D eigenvalue weighted by atomic mass is 35.5. The molecular weight excluding hydrogens is 532 g/mol. The summed E-state index contributed by atoms with van der Waals surface area (Å²) in [7, 11) is -0.795. The summed E-state index contributed by atoms with van der Waals surface area (Å²) < 4.78 is 11.7. The number of piperidine rings is 1. The first-order valence-corrected chi connectivity index (χ1v) is 15.2. The summed E-state index contributed by atoms with van der Waals surface area (Å²) in [6, 6.07) is 18.0. The molecular formula is C28H30ClN6O3Si. The molecule has 2 aliphatic rings. The van der Waals surface area contributed by atoms with Gasteiger partial charge in [0.1, 0.15) is 11.9 Å². The predicted octanol–water partition coefficient (Wildman–Crippen LogP) is 4.05. The number of benzene rings is 2. The number of nitrogens with one attached hydrogen (secondary N) is 2. The van der Waals surface area contributed by atoms with E-state index < -0.39 is 9.04 Å². The molecule has 0 bridgehead atoms. The monoisotopic (exact) mass is 561 g/mol. The van der Waals surface area contributed by atoms with Crippen LogP contribution in [0.1, 0.15) is 29.8 Å². The maximum atomic E-state index is 12.9. The summed E-state index contributed by atoms with van der Waals surface area (Å²) in [6.07, 6.45) is 4.71.